The van der Waals surface area contributed by atoms with Crippen molar-refractivity contribution in [2.75, 3.05) is 5.75 Å². The third kappa shape index (κ3) is 4.25. The van der Waals surface area contributed by atoms with Crippen LogP contribution in [-0.2, 0) is 19.9 Å². The number of aromatic nitrogens is 2. The van der Waals surface area contributed by atoms with E-state index in [4.69, 9.17) is 17.3 Å². The summed E-state index contributed by atoms with van der Waals surface area (Å²) in [6.45, 7) is 4.15. The second-order valence-corrected chi connectivity index (χ2v) is 6.74. The molecule has 1 unspecified atom stereocenters. The summed E-state index contributed by atoms with van der Waals surface area (Å²) < 4.78 is 1.86. The number of thioether (sulfide) groups is 1. The van der Waals surface area contributed by atoms with Gasteiger partial charge in [0.15, 0.2) is 0 Å². The van der Waals surface area contributed by atoms with E-state index in [1.807, 2.05) is 11.7 Å². The first kappa shape index (κ1) is 16.4. The van der Waals surface area contributed by atoms with Gasteiger partial charge in [0.05, 0.1) is 16.4 Å². The third-order valence-corrected chi connectivity index (χ3v) is 5.08. The molecular weight excluding hydrogens is 302 g/mol. The van der Waals surface area contributed by atoms with Crippen LogP contribution in [0, 0.1) is 6.92 Å². The number of nitrogens with two attached hydrogens (primary N) is 1. The van der Waals surface area contributed by atoms with Crippen LogP contribution in [-0.4, -0.2) is 21.6 Å². The van der Waals surface area contributed by atoms with Crippen LogP contribution in [0.4, 0.5) is 0 Å². The third-order valence-electron chi connectivity index (χ3n) is 3.44. The average Bonchev–Trinajstić information content (AvgIpc) is 2.74. The molecule has 21 heavy (non-hydrogen) atoms. The quantitative estimate of drug-likeness (QED) is 0.826. The second kappa shape index (κ2) is 7.34. The van der Waals surface area contributed by atoms with Crippen LogP contribution < -0.4 is 5.73 Å². The van der Waals surface area contributed by atoms with Gasteiger partial charge in [0.25, 0.3) is 0 Å². The van der Waals surface area contributed by atoms with Crippen LogP contribution in [0.25, 0.3) is 0 Å². The molecule has 1 heterocycles. The minimum atomic E-state index is 0.0638. The number of benzene rings is 1. The van der Waals surface area contributed by atoms with Crippen LogP contribution in [0.2, 0.25) is 5.02 Å². The summed E-state index contributed by atoms with van der Waals surface area (Å²) in [5, 5.41) is 5.21. The zero-order chi connectivity index (χ0) is 15.4. The summed E-state index contributed by atoms with van der Waals surface area (Å²) in [5.74, 6) is 0.867. The Balaban J connectivity index is 1.94. The van der Waals surface area contributed by atoms with Gasteiger partial charge in [-0.2, -0.15) is 5.10 Å². The molecule has 114 valence electrons. The molecule has 0 fully saturated rings. The number of rotatable bonds is 6. The van der Waals surface area contributed by atoms with Gasteiger partial charge in [0.1, 0.15) is 0 Å². The predicted molar refractivity (Wildman–Crippen MR) is 91.2 cm³/mol. The van der Waals surface area contributed by atoms with Crippen molar-refractivity contribution >= 4 is 23.4 Å². The van der Waals surface area contributed by atoms with Crippen molar-refractivity contribution < 1.29 is 0 Å². The molecule has 0 spiro atoms. The maximum Gasteiger partial charge on any atom is 0.0850 e. The van der Waals surface area contributed by atoms with Gasteiger partial charge >= 0.3 is 0 Å². The lowest BCUT2D eigenvalue weighted by Crippen LogP contribution is -2.26. The molecule has 2 N–H and O–H groups in total. The summed E-state index contributed by atoms with van der Waals surface area (Å²) in [7, 11) is 1.93. The lowest BCUT2D eigenvalue weighted by molar-refractivity contribution is 0.650. The Morgan fingerprint density at radius 2 is 2.00 bits per heavy atom. The fraction of sp³-hybridized carbons (Fsp3) is 0.438. The Morgan fingerprint density at radius 1 is 1.33 bits per heavy atom. The van der Waals surface area contributed by atoms with E-state index in [2.05, 4.69) is 43.2 Å². The number of hydrogen-bond acceptors (Lipinski definition) is 3. The summed E-state index contributed by atoms with van der Waals surface area (Å²) in [5.41, 5.74) is 9.51. The van der Waals surface area contributed by atoms with E-state index in [1.54, 1.807) is 11.8 Å². The van der Waals surface area contributed by atoms with Crippen LogP contribution in [0.15, 0.2) is 29.2 Å². The first-order valence-corrected chi connectivity index (χ1v) is 8.53. The number of halogens is 1. The molecule has 1 aromatic carbocycles. The van der Waals surface area contributed by atoms with Crippen molar-refractivity contribution in [1.29, 1.82) is 0 Å². The zero-order valence-corrected chi connectivity index (χ0v) is 14.3. The van der Waals surface area contributed by atoms with Crippen LogP contribution in [0.1, 0.15) is 23.9 Å². The Morgan fingerprint density at radius 3 is 2.57 bits per heavy atom. The maximum atomic E-state index is 6.36. The molecule has 0 aliphatic carbocycles. The van der Waals surface area contributed by atoms with Crippen molar-refractivity contribution in [3.8, 4) is 0 Å². The van der Waals surface area contributed by atoms with Crippen molar-refractivity contribution in [3.05, 3.63) is 46.2 Å². The summed E-state index contributed by atoms with van der Waals surface area (Å²) in [6.07, 6.45) is 1.60. The molecule has 5 heteroatoms. The highest BCUT2D eigenvalue weighted by Crippen LogP contribution is 2.24. The van der Waals surface area contributed by atoms with E-state index in [-0.39, 0.29) is 6.04 Å². The van der Waals surface area contributed by atoms with Gasteiger partial charge in [-0.15, -0.1) is 11.8 Å². The lowest BCUT2D eigenvalue weighted by atomic mass is 10.2. The Hall–Kier alpha value is -0.970. The average molecular weight is 324 g/mol. The minimum Gasteiger partial charge on any atom is -0.327 e. The molecule has 0 amide bonds. The molecule has 0 bridgehead atoms. The molecule has 0 aliphatic heterocycles. The lowest BCUT2D eigenvalue weighted by Gasteiger charge is -2.12. The number of nitrogens with zero attached hydrogens (tertiary/aromatic N) is 2. The second-order valence-electron chi connectivity index (χ2n) is 5.27. The summed E-state index contributed by atoms with van der Waals surface area (Å²) in [4.78, 5) is 1.25. The molecule has 0 radical (unpaired) electrons. The fourth-order valence-corrected chi connectivity index (χ4v) is 3.41. The first-order valence-electron chi connectivity index (χ1n) is 7.16. The van der Waals surface area contributed by atoms with E-state index in [9.17, 15) is 0 Å². The van der Waals surface area contributed by atoms with Crippen LogP contribution in [0.3, 0.4) is 0 Å². The van der Waals surface area contributed by atoms with E-state index in [1.165, 1.54) is 10.5 Å². The molecule has 2 aromatic rings. The SMILES string of the molecule is CCc1nn(C)c(CC(N)CSc2ccc(C)cc2)c1Cl. The van der Waals surface area contributed by atoms with Crippen molar-refractivity contribution in [2.45, 2.75) is 37.6 Å². The van der Waals surface area contributed by atoms with E-state index >= 15 is 0 Å². The molecule has 1 aromatic heterocycles. The highest BCUT2D eigenvalue weighted by atomic mass is 35.5. The monoisotopic (exact) mass is 323 g/mol. The number of aryl methyl sites for hydroxylation is 3. The largest absolute Gasteiger partial charge is 0.327 e. The van der Waals surface area contributed by atoms with E-state index in [0.29, 0.717) is 0 Å². The fourth-order valence-electron chi connectivity index (χ4n) is 2.19. The van der Waals surface area contributed by atoms with Crippen molar-refractivity contribution in [1.82, 2.24) is 9.78 Å². The van der Waals surface area contributed by atoms with E-state index in [0.717, 1.165) is 35.0 Å². The van der Waals surface area contributed by atoms with Gasteiger partial charge in [-0.25, -0.2) is 0 Å². The minimum absolute atomic E-state index is 0.0638. The molecule has 1 atom stereocenters. The van der Waals surface area contributed by atoms with Gasteiger partial charge in [-0.05, 0) is 25.5 Å². The molecule has 0 saturated carbocycles. The normalized spacial score (nSPS) is 12.6. The molecule has 0 aliphatic rings. The first-order chi connectivity index (χ1) is 10.0. The van der Waals surface area contributed by atoms with Gasteiger partial charge in [-0.1, -0.05) is 36.2 Å². The topological polar surface area (TPSA) is 43.8 Å². The van der Waals surface area contributed by atoms with Crippen LogP contribution in [0.5, 0.6) is 0 Å². The highest BCUT2D eigenvalue weighted by Gasteiger charge is 2.16. The van der Waals surface area contributed by atoms with E-state index < -0.39 is 0 Å². The zero-order valence-electron chi connectivity index (χ0n) is 12.8. The van der Waals surface area contributed by atoms with Crippen molar-refractivity contribution in [2.24, 2.45) is 12.8 Å². The summed E-state index contributed by atoms with van der Waals surface area (Å²) in [6, 6.07) is 8.59. The van der Waals surface area contributed by atoms with Gasteiger partial charge in [-0.3, -0.25) is 4.68 Å². The molecular formula is C16H22ClN3S. The molecule has 0 saturated heterocycles. The molecule has 3 nitrogen and oxygen atoms in total. The number of hydrogen-bond donors (Lipinski definition) is 1. The van der Waals surface area contributed by atoms with Gasteiger partial charge in [0.2, 0.25) is 0 Å². The predicted octanol–water partition coefficient (Wildman–Crippen LogP) is 3.61. The molecule has 2 rings (SSSR count). The Labute approximate surface area is 135 Å². The van der Waals surface area contributed by atoms with Gasteiger partial charge in [0, 0.05) is 30.2 Å². The smallest absolute Gasteiger partial charge is 0.0850 e. The maximum absolute atomic E-state index is 6.36. The Kier molecular flexibility index (Phi) is 5.73. The Bertz CT molecular complexity index is 592. The van der Waals surface area contributed by atoms with Gasteiger partial charge < -0.3 is 5.73 Å². The van der Waals surface area contributed by atoms with Crippen molar-refractivity contribution in [3.63, 3.8) is 0 Å². The summed E-state index contributed by atoms with van der Waals surface area (Å²) >= 11 is 8.15. The standard InChI is InChI=1S/C16H22ClN3S/c1-4-14-16(17)15(20(3)19-14)9-12(18)10-21-13-7-5-11(2)6-8-13/h5-8,12H,4,9-10,18H2,1-3H3. The highest BCUT2D eigenvalue weighted by molar-refractivity contribution is 7.99. The van der Waals surface area contributed by atoms with Crippen LogP contribution >= 0.6 is 23.4 Å².